The zero-order chi connectivity index (χ0) is 8.27. The normalized spacial score (nSPS) is 18.9. The van der Waals surface area contributed by atoms with Crippen LogP contribution >= 0.6 is 11.8 Å². The van der Waals surface area contributed by atoms with E-state index in [1.807, 2.05) is 17.5 Å². The van der Waals surface area contributed by atoms with Crippen LogP contribution in [0.2, 0.25) is 0 Å². The maximum Gasteiger partial charge on any atom is 0.0923 e. The smallest absolute Gasteiger partial charge is 0.0923 e. The molecule has 0 aromatic rings. The van der Waals surface area contributed by atoms with Crippen molar-refractivity contribution in [3.05, 3.63) is 11.4 Å². The van der Waals surface area contributed by atoms with Gasteiger partial charge in [0, 0.05) is 5.70 Å². The Morgan fingerprint density at radius 3 is 2.91 bits per heavy atom. The fourth-order valence-electron chi connectivity index (χ4n) is 1.04. The van der Waals surface area contributed by atoms with Gasteiger partial charge in [-0.15, -0.1) is 0 Å². The van der Waals surface area contributed by atoms with E-state index in [1.165, 1.54) is 0 Å². The van der Waals surface area contributed by atoms with Crippen molar-refractivity contribution in [1.29, 1.82) is 0 Å². The summed E-state index contributed by atoms with van der Waals surface area (Å²) in [5.74, 6) is 0.901. The van der Waals surface area contributed by atoms with Crippen LogP contribution in [-0.4, -0.2) is 16.4 Å². The van der Waals surface area contributed by atoms with Crippen LogP contribution in [0.1, 0.15) is 20.3 Å². The Morgan fingerprint density at radius 1 is 1.82 bits per heavy atom. The number of hydrazone groups is 1. The molecule has 0 spiro atoms. The van der Waals surface area contributed by atoms with Crippen molar-refractivity contribution in [3.63, 3.8) is 0 Å². The van der Waals surface area contributed by atoms with Crippen LogP contribution in [0, 0.1) is 0 Å². The molecular weight excluding hydrogens is 158 g/mol. The van der Waals surface area contributed by atoms with Gasteiger partial charge in [-0.3, -0.25) is 5.01 Å². The van der Waals surface area contributed by atoms with E-state index in [0.29, 0.717) is 0 Å². The van der Waals surface area contributed by atoms with Crippen molar-refractivity contribution in [2.45, 2.75) is 20.3 Å². The van der Waals surface area contributed by atoms with E-state index in [0.717, 1.165) is 23.7 Å². The minimum absolute atomic E-state index is 0.868. The number of nitrogens with two attached hydrogens (primary N) is 1. The van der Waals surface area contributed by atoms with Crippen LogP contribution in [0.5, 0.6) is 0 Å². The van der Waals surface area contributed by atoms with Gasteiger partial charge in [-0.05, 0) is 13.3 Å². The number of nitrogens with zero attached hydrogens (tertiary/aromatic N) is 2. The zero-order valence-corrected chi connectivity index (χ0v) is 7.69. The molecule has 0 bridgehead atoms. The van der Waals surface area contributed by atoms with Crippen LogP contribution in [0.3, 0.4) is 0 Å². The van der Waals surface area contributed by atoms with Gasteiger partial charge in [-0.1, -0.05) is 18.7 Å². The summed E-state index contributed by atoms with van der Waals surface area (Å²) in [5, 5.41) is 6.11. The predicted octanol–water partition coefficient (Wildman–Crippen LogP) is 1.54. The van der Waals surface area contributed by atoms with Gasteiger partial charge < -0.3 is 5.73 Å². The molecule has 4 heteroatoms. The van der Waals surface area contributed by atoms with E-state index in [-0.39, 0.29) is 0 Å². The van der Waals surface area contributed by atoms with E-state index >= 15 is 0 Å². The standard InChI is InChI=1S/C7H13N3S/c1-3-7(6(2)8)10-5-11-4-9-10/h4H,3,5,8H2,1-2H3/b7-6-. The predicted molar refractivity (Wildman–Crippen MR) is 50.0 cm³/mol. The average Bonchev–Trinajstić information content (AvgIpc) is 2.40. The number of hydrogen-bond acceptors (Lipinski definition) is 4. The Kier molecular flexibility index (Phi) is 2.82. The SMILES string of the molecule is CC/C(=C(\C)N)N1CSC=N1. The Labute approximate surface area is 71.3 Å². The summed E-state index contributed by atoms with van der Waals surface area (Å²) in [5.41, 5.74) is 9.53. The lowest BCUT2D eigenvalue weighted by molar-refractivity contribution is 0.419. The fraction of sp³-hybridized carbons (Fsp3) is 0.571. The summed E-state index contributed by atoms with van der Waals surface area (Å²) < 4.78 is 0. The molecule has 2 N–H and O–H groups in total. The van der Waals surface area contributed by atoms with Crippen LogP contribution in [0.4, 0.5) is 0 Å². The first-order valence-corrected chi connectivity index (χ1v) is 4.67. The summed E-state index contributed by atoms with van der Waals surface area (Å²) in [6.07, 6.45) is 0.945. The summed E-state index contributed by atoms with van der Waals surface area (Å²) in [6, 6.07) is 0. The number of thioether (sulfide) groups is 1. The van der Waals surface area contributed by atoms with Crippen molar-refractivity contribution in [3.8, 4) is 0 Å². The number of allylic oxidation sites excluding steroid dienone is 2. The molecule has 1 aliphatic rings. The molecule has 11 heavy (non-hydrogen) atoms. The Hall–Kier alpha value is -0.640. The first-order valence-electron chi connectivity index (χ1n) is 3.62. The molecule has 0 aliphatic carbocycles. The third kappa shape index (κ3) is 1.89. The molecule has 0 amide bonds. The van der Waals surface area contributed by atoms with E-state index in [2.05, 4.69) is 12.0 Å². The number of rotatable bonds is 2. The van der Waals surface area contributed by atoms with Crippen LogP contribution in [0.15, 0.2) is 16.5 Å². The van der Waals surface area contributed by atoms with Crippen LogP contribution in [0.25, 0.3) is 0 Å². The van der Waals surface area contributed by atoms with Crippen molar-refractivity contribution >= 4 is 17.3 Å². The lowest BCUT2D eigenvalue weighted by Gasteiger charge is -2.16. The largest absolute Gasteiger partial charge is 0.401 e. The topological polar surface area (TPSA) is 41.6 Å². The fourth-order valence-corrected chi connectivity index (χ4v) is 1.65. The second kappa shape index (κ2) is 3.67. The quantitative estimate of drug-likeness (QED) is 0.685. The highest BCUT2D eigenvalue weighted by Gasteiger charge is 2.11. The molecule has 0 fully saturated rings. The van der Waals surface area contributed by atoms with Crippen molar-refractivity contribution in [2.24, 2.45) is 10.8 Å². The summed E-state index contributed by atoms with van der Waals surface area (Å²) >= 11 is 1.69. The first-order chi connectivity index (χ1) is 5.25. The second-order valence-corrected chi connectivity index (χ2v) is 3.20. The Bertz CT molecular complexity index is 194. The van der Waals surface area contributed by atoms with Crippen LogP contribution in [-0.2, 0) is 0 Å². The Balaban J connectivity index is 2.70. The highest BCUT2D eigenvalue weighted by molar-refractivity contribution is 8.12. The van der Waals surface area contributed by atoms with Crippen molar-refractivity contribution in [1.82, 2.24) is 5.01 Å². The van der Waals surface area contributed by atoms with Crippen molar-refractivity contribution < 1.29 is 0 Å². The summed E-state index contributed by atoms with van der Waals surface area (Å²) in [4.78, 5) is 0. The van der Waals surface area contributed by atoms with E-state index in [4.69, 9.17) is 5.73 Å². The molecule has 0 unspecified atom stereocenters. The van der Waals surface area contributed by atoms with Gasteiger partial charge in [0.2, 0.25) is 0 Å². The number of hydrogen-bond donors (Lipinski definition) is 1. The molecule has 62 valence electrons. The highest BCUT2D eigenvalue weighted by Crippen LogP contribution is 2.19. The Morgan fingerprint density at radius 2 is 2.55 bits per heavy atom. The molecular formula is C7H13N3S. The minimum atomic E-state index is 0.868. The molecule has 0 radical (unpaired) electrons. The minimum Gasteiger partial charge on any atom is -0.401 e. The molecule has 0 saturated carbocycles. The zero-order valence-electron chi connectivity index (χ0n) is 6.87. The molecule has 3 nitrogen and oxygen atoms in total. The van der Waals surface area contributed by atoms with Gasteiger partial charge >= 0.3 is 0 Å². The van der Waals surface area contributed by atoms with E-state index in [1.54, 1.807) is 11.8 Å². The van der Waals surface area contributed by atoms with Crippen molar-refractivity contribution in [2.75, 3.05) is 5.88 Å². The molecule has 0 aromatic heterocycles. The van der Waals surface area contributed by atoms with Gasteiger partial charge in [0.1, 0.15) is 0 Å². The summed E-state index contributed by atoms with van der Waals surface area (Å²) in [7, 11) is 0. The molecule has 1 aliphatic heterocycles. The molecule has 0 aromatic carbocycles. The van der Waals surface area contributed by atoms with Gasteiger partial charge in [-0.2, -0.15) is 5.10 Å². The average molecular weight is 171 g/mol. The van der Waals surface area contributed by atoms with Gasteiger partial charge in [-0.25, -0.2) is 0 Å². The molecule has 0 saturated heterocycles. The lowest BCUT2D eigenvalue weighted by atomic mass is 10.3. The third-order valence-corrected chi connectivity index (χ3v) is 2.20. The monoisotopic (exact) mass is 171 g/mol. The summed E-state index contributed by atoms with van der Waals surface area (Å²) in [6.45, 7) is 4.00. The van der Waals surface area contributed by atoms with Gasteiger partial charge in [0.05, 0.1) is 17.1 Å². The maximum atomic E-state index is 5.68. The van der Waals surface area contributed by atoms with Crippen LogP contribution < -0.4 is 5.73 Å². The lowest BCUT2D eigenvalue weighted by Crippen LogP contribution is -2.16. The van der Waals surface area contributed by atoms with Gasteiger partial charge in [0.25, 0.3) is 0 Å². The maximum absolute atomic E-state index is 5.68. The first kappa shape index (κ1) is 8.46. The molecule has 0 atom stereocenters. The second-order valence-electron chi connectivity index (χ2n) is 2.40. The third-order valence-electron chi connectivity index (χ3n) is 1.56. The van der Waals surface area contributed by atoms with Gasteiger partial charge in [0.15, 0.2) is 0 Å². The molecule has 1 rings (SSSR count). The molecule has 1 heterocycles. The van der Waals surface area contributed by atoms with E-state index < -0.39 is 0 Å². The van der Waals surface area contributed by atoms with E-state index in [9.17, 15) is 0 Å². The highest BCUT2D eigenvalue weighted by atomic mass is 32.2.